The van der Waals surface area contributed by atoms with Crippen molar-refractivity contribution in [2.75, 3.05) is 5.32 Å². The lowest BCUT2D eigenvalue weighted by Gasteiger charge is -2.04. The molecule has 0 radical (unpaired) electrons. The number of hydrogen-bond donors (Lipinski definition) is 3. The number of carbonyl (C=O) groups is 2. The number of nitrogens with one attached hydrogen (secondary N) is 1. The first-order chi connectivity index (χ1) is 10.1. The van der Waals surface area contributed by atoms with E-state index in [9.17, 15) is 9.59 Å². The Morgan fingerprint density at radius 3 is 2.33 bits per heavy atom. The summed E-state index contributed by atoms with van der Waals surface area (Å²) in [4.78, 5) is 34.3. The third-order valence-electron chi connectivity index (χ3n) is 2.49. The number of amides is 2. The van der Waals surface area contributed by atoms with Gasteiger partial charge in [0, 0.05) is 30.4 Å². The second-order valence-electron chi connectivity index (χ2n) is 3.93. The summed E-state index contributed by atoms with van der Waals surface area (Å²) in [5.41, 5.74) is 10.5. The molecule has 0 saturated carbocycles. The van der Waals surface area contributed by atoms with Crippen LogP contribution in [-0.2, 0) is 9.59 Å². The highest BCUT2D eigenvalue weighted by atomic mass is 16.2. The fourth-order valence-corrected chi connectivity index (χ4v) is 1.49. The Labute approximate surface area is 119 Å². The third kappa shape index (κ3) is 3.60. The summed E-state index contributed by atoms with van der Waals surface area (Å²) >= 11 is 0. The number of nitrogens with two attached hydrogens (primary N) is 2. The van der Waals surface area contributed by atoms with E-state index in [-0.39, 0.29) is 5.57 Å². The van der Waals surface area contributed by atoms with Gasteiger partial charge in [-0.3, -0.25) is 14.6 Å². The summed E-state index contributed by atoms with van der Waals surface area (Å²) in [5, 5.41) is 2.69. The van der Waals surface area contributed by atoms with E-state index in [1.54, 1.807) is 30.6 Å². The number of carbonyl (C=O) groups excluding carboxylic acids is 2. The van der Waals surface area contributed by atoms with E-state index in [1.165, 1.54) is 6.20 Å². The van der Waals surface area contributed by atoms with Crippen molar-refractivity contribution in [3.8, 4) is 11.4 Å². The zero-order valence-electron chi connectivity index (χ0n) is 10.9. The highest BCUT2D eigenvalue weighted by molar-refractivity contribution is 6.17. The van der Waals surface area contributed by atoms with Gasteiger partial charge in [-0.1, -0.05) is 0 Å². The largest absolute Gasteiger partial charge is 0.365 e. The summed E-state index contributed by atoms with van der Waals surface area (Å²) in [6.07, 6.45) is 5.89. The van der Waals surface area contributed by atoms with Gasteiger partial charge < -0.3 is 16.8 Å². The van der Waals surface area contributed by atoms with Crippen molar-refractivity contribution in [3.63, 3.8) is 0 Å². The second-order valence-corrected chi connectivity index (χ2v) is 3.93. The van der Waals surface area contributed by atoms with Gasteiger partial charge in [-0.15, -0.1) is 0 Å². The van der Waals surface area contributed by atoms with E-state index < -0.39 is 11.8 Å². The maximum absolute atomic E-state index is 11.0. The van der Waals surface area contributed by atoms with E-state index in [2.05, 4.69) is 20.3 Å². The van der Waals surface area contributed by atoms with Crippen molar-refractivity contribution in [1.29, 1.82) is 0 Å². The molecule has 2 heterocycles. The molecule has 0 aromatic carbocycles. The number of hydrogen-bond acceptors (Lipinski definition) is 6. The molecule has 0 atom stereocenters. The van der Waals surface area contributed by atoms with Crippen LogP contribution in [0.15, 0.2) is 48.6 Å². The molecule has 8 nitrogen and oxygen atoms in total. The minimum Gasteiger partial charge on any atom is -0.365 e. The minimum atomic E-state index is -0.918. The average Bonchev–Trinajstić information content (AvgIpc) is 2.48. The van der Waals surface area contributed by atoms with Crippen LogP contribution < -0.4 is 16.8 Å². The fourth-order valence-electron chi connectivity index (χ4n) is 1.49. The molecule has 2 aromatic heterocycles. The highest BCUT2D eigenvalue weighted by Gasteiger charge is 2.11. The number of pyridine rings is 1. The van der Waals surface area contributed by atoms with Gasteiger partial charge in [0.05, 0.1) is 0 Å². The summed E-state index contributed by atoms with van der Waals surface area (Å²) in [7, 11) is 0. The molecule has 0 saturated heterocycles. The molecule has 0 unspecified atom stereocenters. The fraction of sp³-hybridized carbons (Fsp3) is 0. The van der Waals surface area contributed by atoms with Crippen LogP contribution in [0.4, 0.5) is 5.82 Å². The summed E-state index contributed by atoms with van der Waals surface area (Å²) < 4.78 is 0. The predicted octanol–water partition coefficient (Wildman–Crippen LogP) is -0.195. The Kier molecular flexibility index (Phi) is 4.20. The number of nitrogens with zero attached hydrogens (tertiary/aromatic N) is 3. The standard InChI is InChI=1S/C13H12N6O2/c14-11(20)9(12(15)21)7-18-10-3-6-17-13(19-10)8-1-4-16-5-2-8/h1-7H,(H2,14,20)(H2,15,21)(H,17,18,19). The van der Waals surface area contributed by atoms with Crippen molar-refractivity contribution < 1.29 is 9.59 Å². The zero-order valence-corrected chi connectivity index (χ0v) is 10.9. The Balaban J connectivity index is 2.25. The molecular weight excluding hydrogens is 272 g/mol. The zero-order chi connectivity index (χ0) is 15.2. The topological polar surface area (TPSA) is 137 Å². The van der Waals surface area contributed by atoms with Gasteiger partial charge in [-0.25, -0.2) is 9.97 Å². The first kappa shape index (κ1) is 14.1. The van der Waals surface area contributed by atoms with Gasteiger partial charge >= 0.3 is 0 Å². The molecule has 0 spiro atoms. The van der Waals surface area contributed by atoms with E-state index >= 15 is 0 Å². The smallest absolute Gasteiger partial charge is 0.255 e. The van der Waals surface area contributed by atoms with Gasteiger partial charge in [0.15, 0.2) is 5.82 Å². The number of aromatic nitrogens is 3. The van der Waals surface area contributed by atoms with Crippen molar-refractivity contribution in [2.24, 2.45) is 11.5 Å². The Bertz CT molecular complexity index is 683. The first-order valence-corrected chi connectivity index (χ1v) is 5.87. The molecule has 5 N–H and O–H groups in total. The number of anilines is 1. The molecule has 106 valence electrons. The van der Waals surface area contributed by atoms with Crippen LogP contribution in [-0.4, -0.2) is 26.8 Å². The van der Waals surface area contributed by atoms with Crippen molar-refractivity contribution in [1.82, 2.24) is 15.0 Å². The minimum absolute atomic E-state index is 0.348. The van der Waals surface area contributed by atoms with Crippen LogP contribution in [0, 0.1) is 0 Å². The van der Waals surface area contributed by atoms with Gasteiger partial charge in [-0.2, -0.15) is 0 Å². The normalized spacial score (nSPS) is 9.71. The average molecular weight is 284 g/mol. The molecule has 8 heteroatoms. The van der Waals surface area contributed by atoms with Crippen molar-refractivity contribution in [2.45, 2.75) is 0 Å². The van der Waals surface area contributed by atoms with E-state index in [1.807, 2.05) is 0 Å². The summed E-state index contributed by atoms with van der Waals surface area (Å²) in [5.74, 6) is -0.982. The molecular formula is C13H12N6O2. The van der Waals surface area contributed by atoms with Crippen LogP contribution in [0.5, 0.6) is 0 Å². The van der Waals surface area contributed by atoms with Gasteiger partial charge in [-0.05, 0) is 18.2 Å². The molecule has 2 amide bonds. The van der Waals surface area contributed by atoms with E-state index in [0.717, 1.165) is 11.8 Å². The highest BCUT2D eigenvalue weighted by Crippen LogP contribution is 2.14. The molecule has 0 aliphatic heterocycles. The summed E-state index contributed by atoms with van der Waals surface area (Å²) in [6.45, 7) is 0. The molecule has 21 heavy (non-hydrogen) atoms. The number of rotatable bonds is 5. The van der Waals surface area contributed by atoms with Crippen LogP contribution in [0.25, 0.3) is 11.4 Å². The predicted molar refractivity (Wildman–Crippen MR) is 75.4 cm³/mol. The Morgan fingerprint density at radius 2 is 1.71 bits per heavy atom. The molecule has 0 aliphatic carbocycles. The molecule has 0 fully saturated rings. The van der Waals surface area contributed by atoms with Gasteiger partial charge in [0.2, 0.25) is 0 Å². The van der Waals surface area contributed by atoms with E-state index in [4.69, 9.17) is 11.5 Å². The molecule has 0 aliphatic rings. The summed E-state index contributed by atoms with van der Waals surface area (Å²) in [6, 6.07) is 5.08. The second kappa shape index (κ2) is 6.24. The maximum atomic E-state index is 11.0. The molecule has 2 rings (SSSR count). The quantitative estimate of drug-likeness (QED) is 0.395. The lowest BCUT2D eigenvalue weighted by molar-refractivity contribution is -0.120. The van der Waals surface area contributed by atoms with Crippen LogP contribution in [0.1, 0.15) is 0 Å². The van der Waals surface area contributed by atoms with Crippen LogP contribution >= 0.6 is 0 Å². The van der Waals surface area contributed by atoms with Crippen molar-refractivity contribution >= 4 is 17.6 Å². The Hall–Kier alpha value is -3.29. The Morgan fingerprint density at radius 1 is 1.05 bits per heavy atom. The van der Waals surface area contributed by atoms with E-state index in [0.29, 0.717) is 11.6 Å². The SMILES string of the molecule is NC(=O)C(=CNc1ccnc(-c2ccncc2)n1)C(N)=O. The van der Waals surface area contributed by atoms with Gasteiger partial charge in [0.1, 0.15) is 11.4 Å². The molecule has 2 aromatic rings. The van der Waals surface area contributed by atoms with Crippen LogP contribution in [0.2, 0.25) is 0 Å². The molecule has 0 bridgehead atoms. The van der Waals surface area contributed by atoms with Crippen LogP contribution in [0.3, 0.4) is 0 Å². The first-order valence-electron chi connectivity index (χ1n) is 5.87. The van der Waals surface area contributed by atoms with Crippen molar-refractivity contribution in [3.05, 3.63) is 48.6 Å². The third-order valence-corrected chi connectivity index (χ3v) is 2.49. The lowest BCUT2D eigenvalue weighted by atomic mass is 10.2. The maximum Gasteiger partial charge on any atom is 0.255 e. The van der Waals surface area contributed by atoms with Gasteiger partial charge in [0.25, 0.3) is 11.8 Å². The number of primary amides is 2. The monoisotopic (exact) mass is 284 g/mol. The lowest BCUT2D eigenvalue weighted by Crippen LogP contribution is -2.26.